The molecule has 0 spiro atoms. The van der Waals surface area contributed by atoms with Crippen LogP contribution < -0.4 is 5.46 Å². The predicted octanol–water partition coefficient (Wildman–Crippen LogP) is 1.15. The van der Waals surface area contributed by atoms with Crippen LogP contribution >= 0.6 is 11.6 Å². The average molecular weight is 257 g/mol. The first-order valence-corrected chi connectivity index (χ1v) is 5.32. The first kappa shape index (κ1) is 12.4. The second kappa shape index (κ2) is 3.98. The molecule has 0 aromatic heterocycles. The van der Waals surface area contributed by atoms with Crippen molar-refractivity contribution in [3.63, 3.8) is 0 Å². The van der Waals surface area contributed by atoms with E-state index in [2.05, 4.69) is 5.16 Å². The minimum atomic E-state index is -1.16. The Morgan fingerprint density at radius 1 is 1.53 bits per heavy atom. The number of fused-ring (bicyclic) bond motifs is 1. The van der Waals surface area contributed by atoms with Gasteiger partial charge in [-0.05, 0) is 37.0 Å². The van der Waals surface area contributed by atoms with E-state index in [9.17, 15) is 9.41 Å². The van der Waals surface area contributed by atoms with Gasteiger partial charge in [-0.25, -0.2) is 4.39 Å². The minimum absolute atomic E-state index is 0.0290. The fraction of sp³-hybridized carbons (Fsp3) is 0.300. The Morgan fingerprint density at radius 3 is 2.76 bits per heavy atom. The van der Waals surface area contributed by atoms with Crippen LogP contribution in [0.4, 0.5) is 4.39 Å². The lowest BCUT2D eigenvalue weighted by atomic mass is 9.77. The molecule has 0 fully saturated rings. The van der Waals surface area contributed by atoms with Crippen molar-refractivity contribution in [2.75, 3.05) is 0 Å². The molecule has 0 saturated heterocycles. The minimum Gasteiger partial charge on any atom is -0.423 e. The summed E-state index contributed by atoms with van der Waals surface area (Å²) in [5, 5.41) is 20.6. The summed E-state index contributed by atoms with van der Waals surface area (Å²) >= 11 is 5.58. The highest BCUT2D eigenvalue weighted by Gasteiger charge is 2.41. The van der Waals surface area contributed by atoms with Gasteiger partial charge in [0.1, 0.15) is 5.82 Å². The maximum atomic E-state index is 13.7. The van der Waals surface area contributed by atoms with Crippen molar-refractivity contribution in [2.24, 2.45) is 5.16 Å². The van der Waals surface area contributed by atoms with Crippen molar-refractivity contribution in [2.45, 2.75) is 19.4 Å². The van der Waals surface area contributed by atoms with Crippen LogP contribution in [0.2, 0.25) is 0 Å². The zero-order valence-electron chi connectivity index (χ0n) is 9.24. The zero-order chi connectivity index (χ0) is 12.8. The lowest BCUT2D eigenvalue weighted by Crippen LogP contribution is -2.29. The van der Waals surface area contributed by atoms with E-state index in [0.717, 1.165) is 6.07 Å². The molecule has 7 heteroatoms. The Hall–Kier alpha value is -1.11. The van der Waals surface area contributed by atoms with E-state index in [-0.39, 0.29) is 10.7 Å². The molecule has 0 bridgehead atoms. The molecule has 1 aliphatic heterocycles. The zero-order valence-corrected chi connectivity index (χ0v) is 9.99. The normalized spacial score (nSPS) is 18.4. The molecule has 2 rings (SSSR count). The first-order valence-electron chi connectivity index (χ1n) is 4.94. The van der Waals surface area contributed by atoms with E-state index in [1.54, 1.807) is 13.8 Å². The Morgan fingerprint density at radius 2 is 2.18 bits per heavy atom. The molecule has 90 valence electrons. The van der Waals surface area contributed by atoms with Crippen LogP contribution in [0.5, 0.6) is 0 Å². The molecule has 0 amide bonds. The molecule has 0 saturated carbocycles. The van der Waals surface area contributed by atoms with Crippen LogP contribution in [0.3, 0.4) is 0 Å². The second-order valence-corrected chi connectivity index (χ2v) is 4.65. The number of hydrogen-bond acceptors (Lipinski definition) is 4. The topological polar surface area (TPSA) is 62.0 Å². The fourth-order valence-electron chi connectivity index (χ4n) is 1.93. The van der Waals surface area contributed by atoms with E-state index in [1.807, 2.05) is 0 Å². The van der Waals surface area contributed by atoms with Gasteiger partial charge < -0.3 is 14.9 Å². The Bertz CT molecular complexity index is 507. The van der Waals surface area contributed by atoms with E-state index in [4.69, 9.17) is 21.5 Å². The van der Waals surface area contributed by atoms with Gasteiger partial charge in [0.2, 0.25) is 0 Å². The first-order chi connectivity index (χ1) is 7.86. The summed E-state index contributed by atoms with van der Waals surface area (Å²) in [6.07, 6.45) is 0. The summed E-state index contributed by atoms with van der Waals surface area (Å²) in [5.74, 6) is -0.674. The summed E-state index contributed by atoms with van der Waals surface area (Å²) in [5.41, 5.74) is 0.199. The highest BCUT2D eigenvalue weighted by Crippen LogP contribution is 2.31. The van der Waals surface area contributed by atoms with Gasteiger partial charge in [-0.1, -0.05) is 16.8 Å². The van der Waals surface area contributed by atoms with Crippen LogP contribution in [-0.2, 0) is 10.3 Å². The average Bonchev–Trinajstić information content (AvgIpc) is 2.47. The molecular weight excluding hydrogens is 247 g/mol. The number of halogens is 2. The third-order valence-electron chi connectivity index (χ3n) is 2.77. The van der Waals surface area contributed by atoms with Gasteiger partial charge in [-0.2, -0.15) is 0 Å². The van der Waals surface area contributed by atoms with Gasteiger partial charge in [0.25, 0.3) is 0 Å². The monoisotopic (exact) mass is 257 g/mol. The third-order valence-corrected chi connectivity index (χ3v) is 3.05. The second-order valence-electron chi connectivity index (χ2n) is 4.29. The molecule has 1 aromatic carbocycles. The molecule has 2 N–H and O–H groups in total. The maximum Gasteiger partial charge on any atom is 0.492 e. The highest BCUT2D eigenvalue weighted by atomic mass is 35.5. The summed E-state index contributed by atoms with van der Waals surface area (Å²) in [6, 6.07) is 2.56. The Labute approximate surface area is 103 Å². The van der Waals surface area contributed by atoms with Crippen molar-refractivity contribution in [3.05, 3.63) is 29.1 Å². The van der Waals surface area contributed by atoms with Crippen molar-refractivity contribution in [1.29, 1.82) is 0 Å². The number of hydrogen-bond donors (Lipinski definition) is 2. The van der Waals surface area contributed by atoms with Crippen molar-refractivity contribution < 1.29 is 19.3 Å². The number of benzene rings is 1. The summed E-state index contributed by atoms with van der Waals surface area (Å²) in [7, 11) is -1.16. The summed E-state index contributed by atoms with van der Waals surface area (Å²) < 4.78 is 19.0. The van der Waals surface area contributed by atoms with Gasteiger partial charge >= 0.3 is 7.12 Å². The quantitative estimate of drug-likeness (QED) is 0.343. The maximum absolute atomic E-state index is 13.7. The van der Waals surface area contributed by atoms with E-state index < -0.39 is 18.5 Å². The smallest absolute Gasteiger partial charge is 0.423 e. The molecule has 0 atom stereocenters. The number of oxime groups is 1. The molecule has 0 radical (unpaired) electrons. The van der Waals surface area contributed by atoms with Gasteiger partial charge in [-0.3, -0.25) is 0 Å². The summed E-state index contributed by atoms with van der Waals surface area (Å²) in [6.45, 7) is 3.49. The molecule has 17 heavy (non-hydrogen) atoms. The highest BCUT2D eigenvalue weighted by molar-refractivity contribution is 6.69. The van der Waals surface area contributed by atoms with Crippen molar-refractivity contribution in [1.82, 2.24) is 0 Å². The fourth-order valence-corrected chi connectivity index (χ4v) is 2.08. The molecule has 0 unspecified atom stereocenters. The molecule has 4 nitrogen and oxygen atoms in total. The number of nitrogens with zero attached hydrogens (tertiary/aromatic N) is 1. The van der Waals surface area contributed by atoms with Gasteiger partial charge in [-0.15, -0.1) is 0 Å². The van der Waals surface area contributed by atoms with Crippen molar-refractivity contribution in [3.8, 4) is 0 Å². The van der Waals surface area contributed by atoms with Crippen LogP contribution in [0.25, 0.3) is 0 Å². The van der Waals surface area contributed by atoms with Gasteiger partial charge in [0.15, 0.2) is 5.17 Å². The van der Waals surface area contributed by atoms with Gasteiger partial charge in [0, 0.05) is 0 Å². The summed E-state index contributed by atoms with van der Waals surface area (Å²) in [4.78, 5) is 0. The molecule has 1 aliphatic rings. The van der Waals surface area contributed by atoms with Crippen LogP contribution in [0.15, 0.2) is 17.3 Å². The lowest BCUT2D eigenvalue weighted by molar-refractivity contribution is 0.101. The molecule has 0 aliphatic carbocycles. The predicted molar refractivity (Wildman–Crippen MR) is 62.3 cm³/mol. The van der Waals surface area contributed by atoms with Crippen LogP contribution in [0, 0.1) is 5.82 Å². The van der Waals surface area contributed by atoms with Crippen LogP contribution in [0.1, 0.15) is 25.0 Å². The lowest BCUT2D eigenvalue weighted by Gasteiger charge is -2.20. The van der Waals surface area contributed by atoms with Crippen LogP contribution in [-0.4, -0.2) is 22.5 Å². The van der Waals surface area contributed by atoms with E-state index >= 15 is 0 Å². The van der Waals surface area contributed by atoms with E-state index in [0.29, 0.717) is 11.0 Å². The largest absolute Gasteiger partial charge is 0.492 e. The van der Waals surface area contributed by atoms with E-state index in [1.165, 1.54) is 6.07 Å². The Kier molecular flexibility index (Phi) is 2.89. The Balaban J connectivity index is 2.64. The molecule has 1 heterocycles. The van der Waals surface area contributed by atoms with Gasteiger partial charge in [0.05, 0.1) is 11.2 Å². The number of rotatable bonds is 1. The molecular formula is C10H10BClFNO3. The van der Waals surface area contributed by atoms with Crippen molar-refractivity contribution >= 4 is 29.4 Å². The third kappa shape index (κ3) is 1.92. The standard InChI is InChI=1S/C10H10BClFNO3/c1-10(2)6-3-5(9(12)14-16)8(13)4-7(6)11(15)17-10/h3-4,15-16H,1-2H3/b14-9+. The SMILES string of the molecule is CC1(C)OB(O)c2cc(F)c(/C(Cl)=N\O)cc21. The molecule has 1 aromatic rings.